The van der Waals surface area contributed by atoms with Gasteiger partial charge >= 0.3 is 0 Å². The molecule has 0 bridgehead atoms. The fourth-order valence-electron chi connectivity index (χ4n) is 1.61. The Morgan fingerprint density at radius 3 is 2.50 bits per heavy atom. The molecule has 1 amide bonds. The van der Waals surface area contributed by atoms with Gasteiger partial charge in [-0.2, -0.15) is 0 Å². The Morgan fingerprint density at radius 1 is 1.44 bits per heavy atom. The molecular formula is C12H26N2O2. The van der Waals surface area contributed by atoms with Gasteiger partial charge in [-0.15, -0.1) is 0 Å². The van der Waals surface area contributed by atoms with Gasteiger partial charge in [-0.3, -0.25) is 4.79 Å². The van der Waals surface area contributed by atoms with E-state index < -0.39 is 0 Å². The van der Waals surface area contributed by atoms with E-state index in [0.29, 0.717) is 13.2 Å². The highest BCUT2D eigenvalue weighted by molar-refractivity contribution is 5.81. The van der Waals surface area contributed by atoms with Crippen LogP contribution in [0.1, 0.15) is 40.0 Å². The Morgan fingerprint density at radius 2 is 2.06 bits per heavy atom. The molecule has 16 heavy (non-hydrogen) atoms. The molecule has 0 saturated carbocycles. The van der Waals surface area contributed by atoms with Gasteiger partial charge in [0.1, 0.15) is 0 Å². The lowest BCUT2D eigenvalue weighted by molar-refractivity contribution is -0.135. The van der Waals surface area contributed by atoms with Crippen LogP contribution in [0.4, 0.5) is 0 Å². The first-order valence-electron chi connectivity index (χ1n) is 6.13. The maximum Gasteiger partial charge on any atom is 0.239 e. The van der Waals surface area contributed by atoms with E-state index in [9.17, 15) is 4.79 Å². The van der Waals surface area contributed by atoms with Crippen LogP contribution in [0.5, 0.6) is 0 Å². The molecule has 96 valence electrons. The van der Waals surface area contributed by atoms with Crippen LogP contribution in [0, 0.1) is 0 Å². The summed E-state index contributed by atoms with van der Waals surface area (Å²) in [6, 6.07) is -0.138. The highest BCUT2D eigenvalue weighted by Gasteiger charge is 2.23. The molecule has 0 saturated heterocycles. The Balaban J connectivity index is 4.42. The second-order valence-electron chi connectivity index (χ2n) is 4.18. The summed E-state index contributed by atoms with van der Waals surface area (Å²) in [5, 5.41) is 0. The van der Waals surface area contributed by atoms with Crippen molar-refractivity contribution in [1.29, 1.82) is 0 Å². The predicted molar refractivity (Wildman–Crippen MR) is 66.2 cm³/mol. The highest BCUT2D eigenvalue weighted by Crippen LogP contribution is 2.07. The Hall–Kier alpha value is -0.610. The number of ether oxygens (including phenoxy) is 1. The molecule has 0 spiro atoms. The molecule has 1 unspecified atom stereocenters. The van der Waals surface area contributed by atoms with Crippen LogP contribution in [-0.2, 0) is 9.53 Å². The third-order valence-corrected chi connectivity index (χ3v) is 2.86. The summed E-state index contributed by atoms with van der Waals surface area (Å²) in [6.07, 6.45) is 2.62. The van der Waals surface area contributed by atoms with Crippen molar-refractivity contribution < 1.29 is 9.53 Å². The molecule has 0 aromatic heterocycles. The predicted octanol–water partition coefficient (Wildman–Crippen LogP) is 1.39. The fraction of sp³-hybridized carbons (Fsp3) is 0.917. The van der Waals surface area contributed by atoms with Crippen LogP contribution in [-0.4, -0.2) is 43.2 Å². The van der Waals surface area contributed by atoms with Gasteiger partial charge in [0.2, 0.25) is 5.91 Å². The van der Waals surface area contributed by atoms with Crippen molar-refractivity contribution in [1.82, 2.24) is 4.90 Å². The van der Waals surface area contributed by atoms with E-state index in [2.05, 4.69) is 6.92 Å². The molecule has 0 aromatic carbocycles. The third kappa shape index (κ3) is 4.94. The maximum atomic E-state index is 12.1. The maximum absolute atomic E-state index is 12.1. The number of methoxy groups -OCH3 is 1. The van der Waals surface area contributed by atoms with E-state index in [0.717, 1.165) is 19.3 Å². The van der Waals surface area contributed by atoms with E-state index in [4.69, 9.17) is 10.5 Å². The molecule has 2 atom stereocenters. The summed E-state index contributed by atoms with van der Waals surface area (Å²) >= 11 is 0. The number of amides is 1. The van der Waals surface area contributed by atoms with E-state index in [1.165, 1.54) is 0 Å². The number of carbonyl (C=O) groups is 1. The molecule has 0 fully saturated rings. The SMILES string of the molecule is CCC[C@H](N)C(=O)N(CCOC)C(C)CC. The van der Waals surface area contributed by atoms with Gasteiger partial charge in [0, 0.05) is 19.7 Å². The second-order valence-corrected chi connectivity index (χ2v) is 4.18. The first-order valence-corrected chi connectivity index (χ1v) is 6.13. The molecule has 0 radical (unpaired) electrons. The summed E-state index contributed by atoms with van der Waals surface area (Å²) in [5.41, 5.74) is 5.86. The summed E-state index contributed by atoms with van der Waals surface area (Å²) in [7, 11) is 1.64. The van der Waals surface area contributed by atoms with Crippen molar-refractivity contribution >= 4 is 5.91 Å². The summed E-state index contributed by atoms with van der Waals surface area (Å²) in [6.45, 7) is 7.35. The van der Waals surface area contributed by atoms with Crippen molar-refractivity contribution in [2.75, 3.05) is 20.3 Å². The van der Waals surface area contributed by atoms with Crippen LogP contribution in [0.25, 0.3) is 0 Å². The number of nitrogens with zero attached hydrogens (tertiary/aromatic N) is 1. The minimum atomic E-state index is -0.365. The van der Waals surface area contributed by atoms with Gasteiger partial charge in [0.15, 0.2) is 0 Å². The molecule has 0 aromatic rings. The zero-order valence-corrected chi connectivity index (χ0v) is 11.0. The summed E-state index contributed by atoms with van der Waals surface area (Å²) in [5.74, 6) is 0.0493. The van der Waals surface area contributed by atoms with E-state index in [1.54, 1.807) is 7.11 Å². The van der Waals surface area contributed by atoms with Crippen molar-refractivity contribution in [2.45, 2.75) is 52.1 Å². The number of hydrogen-bond donors (Lipinski definition) is 1. The van der Waals surface area contributed by atoms with E-state index in [1.807, 2.05) is 18.7 Å². The summed E-state index contributed by atoms with van der Waals surface area (Å²) < 4.78 is 5.02. The third-order valence-electron chi connectivity index (χ3n) is 2.86. The second kappa shape index (κ2) is 8.53. The number of carbonyl (C=O) groups excluding carboxylic acids is 1. The lowest BCUT2D eigenvalue weighted by Crippen LogP contribution is -2.48. The molecule has 4 nitrogen and oxygen atoms in total. The smallest absolute Gasteiger partial charge is 0.239 e. The normalized spacial score (nSPS) is 14.6. The van der Waals surface area contributed by atoms with Gasteiger partial charge in [-0.05, 0) is 19.8 Å². The molecule has 0 aliphatic rings. The quantitative estimate of drug-likeness (QED) is 0.685. The Labute approximate surface area is 99.1 Å². The first kappa shape index (κ1) is 15.4. The topological polar surface area (TPSA) is 55.6 Å². The number of rotatable bonds is 8. The van der Waals surface area contributed by atoms with Gasteiger partial charge in [0.25, 0.3) is 0 Å². The van der Waals surface area contributed by atoms with Gasteiger partial charge < -0.3 is 15.4 Å². The Bertz CT molecular complexity index is 197. The monoisotopic (exact) mass is 230 g/mol. The molecule has 4 heteroatoms. The van der Waals surface area contributed by atoms with Crippen molar-refractivity contribution in [2.24, 2.45) is 5.73 Å². The molecule has 0 rings (SSSR count). The zero-order chi connectivity index (χ0) is 12.6. The van der Waals surface area contributed by atoms with Crippen molar-refractivity contribution in [3.63, 3.8) is 0 Å². The highest BCUT2D eigenvalue weighted by atomic mass is 16.5. The lowest BCUT2D eigenvalue weighted by Gasteiger charge is -2.30. The van der Waals surface area contributed by atoms with Crippen LogP contribution in [0.15, 0.2) is 0 Å². The standard InChI is InChI=1S/C12H26N2O2/c1-5-7-11(13)12(15)14(8-9-16-4)10(3)6-2/h10-11H,5-9,13H2,1-4H3/t10?,11-/m0/s1. The summed E-state index contributed by atoms with van der Waals surface area (Å²) in [4.78, 5) is 13.9. The minimum absolute atomic E-state index is 0.0493. The van der Waals surface area contributed by atoms with Gasteiger partial charge in [-0.25, -0.2) is 0 Å². The molecule has 2 N–H and O–H groups in total. The average Bonchev–Trinajstić information content (AvgIpc) is 2.29. The first-order chi connectivity index (χ1) is 7.58. The largest absolute Gasteiger partial charge is 0.383 e. The van der Waals surface area contributed by atoms with Crippen molar-refractivity contribution in [3.8, 4) is 0 Å². The van der Waals surface area contributed by atoms with Gasteiger partial charge in [0.05, 0.1) is 12.6 Å². The van der Waals surface area contributed by atoms with Gasteiger partial charge in [-0.1, -0.05) is 20.3 Å². The Kier molecular flexibility index (Phi) is 8.21. The molecule has 0 aliphatic carbocycles. The molecular weight excluding hydrogens is 204 g/mol. The average molecular weight is 230 g/mol. The van der Waals surface area contributed by atoms with E-state index in [-0.39, 0.29) is 18.0 Å². The minimum Gasteiger partial charge on any atom is -0.383 e. The van der Waals surface area contributed by atoms with Crippen LogP contribution in [0.3, 0.4) is 0 Å². The van der Waals surface area contributed by atoms with Crippen LogP contribution >= 0.6 is 0 Å². The fourth-order valence-corrected chi connectivity index (χ4v) is 1.61. The van der Waals surface area contributed by atoms with Crippen molar-refractivity contribution in [3.05, 3.63) is 0 Å². The van der Waals surface area contributed by atoms with Crippen LogP contribution in [0.2, 0.25) is 0 Å². The molecule has 0 aliphatic heterocycles. The molecule has 0 heterocycles. The lowest BCUT2D eigenvalue weighted by atomic mass is 10.1. The number of hydrogen-bond acceptors (Lipinski definition) is 3. The number of nitrogens with two attached hydrogens (primary N) is 1. The van der Waals surface area contributed by atoms with E-state index >= 15 is 0 Å². The van der Waals surface area contributed by atoms with Crippen LogP contribution < -0.4 is 5.73 Å². The zero-order valence-electron chi connectivity index (χ0n) is 11.0.